The standard InChI is InChI=1S/C37H27ClN4O3S2/c38-29-16-8-7-15-26(29)23-31(40-34(43)25-13-5-2-6-14-25)35(44)39-27-19-21-28(22-20-27)46-33(24-11-3-1-4-12-24)36(45)42-37-41-30-17-9-10-18-32(30)47-37/h1-23,33H,(H,39,44)(H,40,43)(H,41,42,45)/b31-23-. The summed E-state index contributed by atoms with van der Waals surface area (Å²) in [5, 5.41) is 9.00. The number of carbonyl (C=O) groups is 3. The van der Waals surface area contributed by atoms with E-state index >= 15 is 0 Å². The van der Waals surface area contributed by atoms with Crippen LogP contribution in [0.5, 0.6) is 0 Å². The number of para-hydroxylation sites is 1. The average Bonchev–Trinajstić information content (AvgIpc) is 3.51. The van der Waals surface area contributed by atoms with Gasteiger partial charge in [0.15, 0.2) is 5.13 Å². The zero-order valence-corrected chi connectivity index (χ0v) is 27.1. The predicted octanol–water partition coefficient (Wildman–Crippen LogP) is 8.83. The smallest absolute Gasteiger partial charge is 0.272 e. The molecule has 6 rings (SSSR count). The van der Waals surface area contributed by atoms with Gasteiger partial charge in [-0.1, -0.05) is 102 Å². The number of nitrogens with zero attached hydrogens (tertiary/aromatic N) is 1. The highest BCUT2D eigenvalue weighted by Crippen LogP contribution is 2.37. The Kier molecular flexibility index (Phi) is 10.1. The molecule has 1 unspecified atom stereocenters. The lowest BCUT2D eigenvalue weighted by molar-refractivity contribution is -0.116. The molecule has 232 valence electrons. The molecule has 3 N–H and O–H groups in total. The quantitative estimate of drug-likeness (QED) is 0.0996. The Morgan fingerprint density at radius 1 is 0.745 bits per heavy atom. The number of rotatable bonds is 10. The Morgan fingerprint density at radius 2 is 1.40 bits per heavy atom. The van der Waals surface area contributed by atoms with Crippen LogP contribution in [0.1, 0.15) is 26.7 Å². The highest BCUT2D eigenvalue weighted by Gasteiger charge is 2.23. The monoisotopic (exact) mass is 674 g/mol. The van der Waals surface area contributed by atoms with Crippen LogP contribution in [-0.2, 0) is 9.59 Å². The van der Waals surface area contributed by atoms with Crippen LogP contribution in [0.3, 0.4) is 0 Å². The van der Waals surface area contributed by atoms with E-state index in [0.29, 0.717) is 27.0 Å². The fourth-order valence-corrected chi connectivity index (χ4v) is 6.72. The number of thioether (sulfide) groups is 1. The van der Waals surface area contributed by atoms with Gasteiger partial charge in [-0.15, -0.1) is 11.8 Å². The van der Waals surface area contributed by atoms with E-state index in [1.165, 1.54) is 29.2 Å². The van der Waals surface area contributed by atoms with Gasteiger partial charge in [0.25, 0.3) is 11.8 Å². The maximum absolute atomic E-state index is 13.6. The molecule has 10 heteroatoms. The van der Waals surface area contributed by atoms with Crippen LogP contribution in [0.25, 0.3) is 16.3 Å². The van der Waals surface area contributed by atoms with Crippen molar-refractivity contribution in [2.75, 3.05) is 10.6 Å². The minimum Gasteiger partial charge on any atom is -0.321 e. The predicted molar refractivity (Wildman–Crippen MR) is 192 cm³/mol. The third kappa shape index (κ3) is 8.14. The number of halogens is 1. The first kappa shape index (κ1) is 31.7. The maximum Gasteiger partial charge on any atom is 0.272 e. The molecule has 0 spiro atoms. The number of amides is 3. The minimum atomic E-state index is -0.554. The Labute approximate surface area is 284 Å². The fraction of sp³-hybridized carbons (Fsp3) is 0.0270. The number of carbonyl (C=O) groups excluding carboxylic acids is 3. The van der Waals surface area contributed by atoms with Crippen LogP contribution in [-0.4, -0.2) is 22.7 Å². The molecule has 6 aromatic rings. The Bertz CT molecular complexity index is 2030. The van der Waals surface area contributed by atoms with E-state index in [2.05, 4.69) is 20.9 Å². The topological polar surface area (TPSA) is 100 Å². The van der Waals surface area contributed by atoms with E-state index in [-0.39, 0.29) is 11.6 Å². The second-order valence-electron chi connectivity index (χ2n) is 10.3. The second-order valence-corrected chi connectivity index (χ2v) is 12.9. The molecule has 47 heavy (non-hydrogen) atoms. The first-order valence-corrected chi connectivity index (χ1v) is 16.6. The highest BCUT2D eigenvalue weighted by atomic mass is 35.5. The molecule has 0 bridgehead atoms. The number of hydrogen-bond acceptors (Lipinski definition) is 6. The molecule has 1 aromatic heterocycles. The summed E-state index contributed by atoms with van der Waals surface area (Å²) in [5.41, 5.74) is 3.20. The van der Waals surface area contributed by atoms with Gasteiger partial charge in [0.05, 0.1) is 10.2 Å². The van der Waals surface area contributed by atoms with E-state index in [4.69, 9.17) is 11.6 Å². The molecule has 0 fully saturated rings. The minimum absolute atomic E-state index is 0.0288. The fourth-order valence-electron chi connectivity index (χ4n) is 4.64. The molecule has 0 saturated heterocycles. The van der Waals surface area contributed by atoms with Crippen LogP contribution in [0.4, 0.5) is 10.8 Å². The van der Waals surface area contributed by atoms with Crippen molar-refractivity contribution in [3.63, 3.8) is 0 Å². The molecule has 0 aliphatic heterocycles. The third-order valence-corrected chi connectivity index (χ3v) is 9.53. The molecule has 1 heterocycles. The van der Waals surface area contributed by atoms with Gasteiger partial charge in [-0.05, 0) is 71.8 Å². The summed E-state index contributed by atoms with van der Waals surface area (Å²) >= 11 is 9.17. The number of anilines is 2. The van der Waals surface area contributed by atoms with Crippen LogP contribution < -0.4 is 16.0 Å². The SMILES string of the molecule is O=C(Nc1ccc(SC(C(=O)Nc2nc3ccccc3s2)c2ccccc2)cc1)/C(=C/c1ccccc1Cl)NC(=O)c1ccccc1. The van der Waals surface area contributed by atoms with Crippen molar-refractivity contribution in [3.8, 4) is 0 Å². The molecule has 3 amide bonds. The molecule has 0 aliphatic carbocycles. The number of thiazole rings is 1. The number of nitrogens with one attached hydrogen (secondary N) is 3. The van der Waals surface area contributed by atoms with Crippen LogP contribution >= 0.6 is 34.7 Å². The van der Waals surface area contributed by atoms with Crippen molar-refractivity contribution in [2.45, 2.75) is 10.1 Å². The third-order valence-electron chi connectivity index (χ3n) is 6.96. The van der Waals surface area contributed by atoms with Gasteiger partial charge in [0, 0.05) is 21.2 Å². The lowest BCUT2D eigenvalue weighted by atomic mass is 10.1. The molecule has 1 atom stereocenters. The Balaban J connectivity index is 1.19. The van der Waals surface area contributed by atoms with Crippen molar-refractivity contribution >= 4 is 79.5 Å². The van der Waals surface area contributed by atoms with Crippen LogP contribution in [0.15, 0.2) is 144 Å². The summed E-state index contributed by atoms with van der Waals surface area (Å²) in [5.74, 6) is -1.14. The van der Waals surface area contributed by atoms with E-state index in [0.717, 1.165) is 20.7 Å². The summed E-state index contributed by atoms with van der Waals surface area (Å²) < 4.78 is 0.994. The lowest BCUT2D eigenvalue weighted by Gasteiger charge is -2.17. The lowest BCUT2D eigenvalue weighted by Crippen LogP contribution is -2.30. The van der Waals surface area contributed by atoms with Gasteiger partial charge in [-0.25, -0.2) is 4.98 Å². The summed E-state index contributed by atoms with van der Waals surface area (Å²) in [6.07, 6.45) is 1.54. The van der Waals surface area contributed by atoms with Crippen molar-refractivity contribution in [2.24, 2.45) is 0 Å². The summed E-state index contributed by atoms with van der Waals surface area (Å²) in [7, 11) is 0. The van der Waals surface area contributed by atoms with E-state index in [9.17, 15) is 14.4 Å². The van der Waals surface area contributed by atoms with Gasteiger partial charge < -0.3 is 16.0 Å². The first-order valence-electron chi connectivity index (χ1n) is 14.5. The zero-order valence-electron chi connectivity index (χ0n) is 24.7. The second kappa shape index (κ2) is 14.9. The van der Waals surface area contributed by atoms with Crippen LogP contribution in [0, 0.1) is 0 Å². The van der Waals surface area contributed by atoms with Gasteiger partial charge in [0.1, 0.15) is 10.9 Å². The van der Waals surface area contributed by atoms with Gasteiger partial charge >= 0.3 is 0 Å². The number of benzene rings is 5. The number of hydrogen-bond donors (Lipinski definition) is 3. The molecule has 0 aliphatic rings. The summed E-state index contributed by atoms with van der Waals surface area (Å²) in [6, 6.07) is 40.1. The van der Waals surface area contributed by atoms with E-state index in [1.54, 1.807) is 60.7 Å². The number of aromatic nitrogens is 1. The maximum atomic E-state index is 13.6. The first-order chi connectivity index (χ1) is 22.9. The summed E-state index contributed by atoms with van der Waals surface area (Å²) in [6.45, 7) is 0. The van der Waals surface area contributed by atoms with Crippen molar-refractivity contribution in [3.05, 3.63) is 161 Å². The highest BCUT2D eigenvalue weighted by molar-refractivity contribution is 8.00. The van der Waals surface area contributed by atoms with Crippen molar-refractivity contribution in [1.29, 1.82) is 0 Å². The Hall–Kier alpha value is -5.22. The number of fused-ring (bicyclic) bond motifs is 1. The summed E-state index contributed by atoms with van der Waals surface area (Å²) in [4.78, 5) is 45.4. The molecule has 0 radical (unpaired) electrons. The Morgan fingerprint density at radius 3 is 2.13 bits per heavy atom. The average molecular weight is 675 g/mol. The molecular weight excluding hydrogens is 648 g/mol. The molecular formula is C37H27ClN4O3S2. The van der Waals surface area contributed by atoms with Crippen LogP contribution in [0.2, 0.25) is 5.02 Å². The molecule has 7 nitrogen and oxygen atoms in total. The van der Waals surface area contributed by atoms with Gasteiger partial charge in [-0.2, -0.15) is 0 Å². The van der Waals surface area contributed by atoms with Gasteiger partial charge in [0.2, 0.25) is 5.91 Å². The van der Waals surface area contributed by atoms with Crippen molar-refractivity contribution < 1.29 is 14.4 Å². The van der Waals surface area contributed by atoms with Crippen molar-refractivity contribution in [1.82, 2.24) is 10.3 Å². The van der Waals surface area contributed by atoms with E-state index < -0.39 is 17.1 Å². The molecule has 5 aromatic carbocycles. The molecule has 0 saturated carbocycles. The zero-order chi connectivity index (χ0) is 32.6. The largest absolute Gasteiger partial charge is 0.321 e. The van der Waals surface area contributed by atoms with Gasteiger partial charge in [-0.3, -0.25) is 14.4 Å². The van der Waals surface area contributed by atoms with E-state index in [1.807, 2.05) is 72.8 Å². The normalized spacial score (nSPS) is 11.9.